The lowest BCUT2D eigenvalue weighted by atomic mass is 9.91. The molecule has 0 aromatic carbocycles. The van der Waals surface area contributed by atoms with E-state index in [1.54, 1.807) is 6.34 Å². The molecule has 2 aliphatic heterocycles. The summed E-state index contributed by atoms with van der Waals surface area (Å²) >= 11 is 0. The van der Waals surface area contributed by atoms with Crippen LogP contribution in [0.15, 0.2) is 5.10 Å². The highest BCUT2D eigenvalue weighted by molar-refractivity contribution is 5.87. The molecule has 0 aromatic heterocycles. The molecule has 3 atom stereocenters. The lowest BCUT2D eigenvalue weighted by molar-refractivity contribution is -0.125. The Bertz CT molecular complexity index is 291. The summed E-state index contributed by atoms with van der Waals surface area (Å²) < 4.78 is 0. The molecule has 14 heavy (non-hydrogen) atoms. The zero-order chi connectivity index (χ0) is 9.54. The molecule has 5 heteroatoms. The third-order valence-electron chi connectivity index (χ3n) is 3.40. The van der Waals surface area contributed by atoms with E-state index in [0.717, 1.165) is 0 Å². The lowest BCUT2D eigenvalue weighted by Gasteiger charge is -2.31. The largest absolute Gasteiger partial charge is 0.333 e. The van der Waals surface area contributed by atoms with E-state index in [1.165, 1.54) is 25.7 Å². The molecule has 1 saturated carbocycles. The minimum absolute atomic E-state index is 0.0260. The summed E-state index contributed by atoms with van der Waals surface area (Å²) in [7, 11) is 0. The highest BCUT2D eigenvalue weighted by Crippen LogP contribution is 2.29. The van der Waals surface area contributed by atoms with Crippen LogP contribution in [0.25, 0.3) is 0 Å². The maximum Gasteiger partial charge on any atom is 0.277 e. The van der Waals surface area contributed by atoms with E-state index in [-0.39, 0.29) is 12.1 Å². The normalized spacial score (nSPS) is 40.4. The number of hydrazone groups is 1. The average molecular weight is 194 g/mol. The van der Waals surface area contributed by atoms with Gasteiger partial charge >= 0.3 is 0 Å². The Labute approximate surface area is 82.5 Å². The predicted molar refractivity (Wildman–Crippen MR) is 51.4 cm³/mol. The number of amides is 1. The Morgan fingerprint density at radius 3 is 3.21 bits per heavy atom. The standard InChI is InChI=1S/C9H14N4O/c14-9-8-11-6-3-1-2-4-7(6)13(8)5-10-12-9/h5-8,11H,1-4H2,(H,12,14). The third-order valence-corrected chi connectivity index (χ3v) is 3.40. The molecule has 76 valence electrons. The predicted octanol–water partition coefficient (Wildman–Crippen LogP) is -0.398. The Balaban J connectivity index is 1.88. The fourth-order valence-electron chi connectivity index (χ4n) is 2.73. The van der Waals surface area contributed by atoms with Crippen molar-refractivity contribution in [3.8, 4) is 0 Å². The molecule has 2 N–H and O–H groups in total. The van der Waals surface area contributed by atoms with E-state index in [9.17, 15) is 4.79 Å². The number of hydrogen-bond donors (Lipinski definition) is 2. The van der Waals surface area contributed by atoms with Gasteiger partial charge in [0.1, 0.15) is 6.34 Å². The second-order valence-electron chi connectivity index (χ2n) is 4.20. The lowest BCUT2D eigenvalue weighted by Crippen LogP contribution is -2.51. The van der Waals surface area contributed by atoms with Crippen LogP contribution in [0.4, 0.5) is 0 Å². The molecule has 2 fully saturated rings. The van der Waals surface area contributed by atoms with Crippen molar-refractivity contribution in [1.82, 2.24) is 15.6 Å². The zero-order valence-corrected chi connectivity index (χ0v) is 7.94. The molecule has 0 spiro atoms. The van der Waals surface area contributed by atoms with Crippen molar-refractivity contribution in [1.29, 1.82) is 0 Å². The van der Waals surface area contributed by atoms with Gasteiger partial charge in [-0.05, 0) is 12.8 Å². The Kier molecular flexibility index (Phi) is 1.73. The average Bonchev–Trinajstić information content (AvgIpc) is 2.59. The van der Waals surface area contributed by atoms with E-state index in [4.69, 9.17) is 0 Å². The molecule has 3 aliphatic rings. The van der Waals surface area contributed by atoms with E-state index in [2.05, 4.69) is 20.7 Å². The van der Waals surface area contributed by atoms with Gasteiger partial charge in [0.15, 0.2) is 6.17 Å². The van der Waals surface area contributed by atoms with E-state index < -0.39 is 0 Å². The smallest absolute Gasteiger partial charge is 0.277 e. The molecule has 0 radical (unpaired) electrons. The van der Waals surface area contributed by atoms with Crippen molar-refractivity contribution in [2.24, 2.45) is 5.10 Å². The SMILES string of the molecule is O=C1NN=CN2C1NC1CCCCC12. The van der Waals surface area contributed by atoms with Crippen molar-refractivity contribution in [3.05, 3.63) is 0 Å². The van der Waals surface area contributed by atoms with E-state index >= 15 is 0 Å². The fraction of sp³-hybridized carbons (Fsp3) is 0.778. The highest BCUT2D eigenvalue weighted by Gasteiger charge is 2.44. The van der Waals surface area contributed by atoms with E-state index in [1.807, 2.05) is 0 Å². The summed E-state index contributed by atoms with van der Waals surface area (Å²) in [6.07, 6.45) is 6.47. The van der Waals surface area contributed by atoms with Crippen LogP contribution in [0.1, 0.15) is 25.7 Å². The monoisotopic (exact) mass is 194 g/mol. The summed E-state index contributed by atoms with van der Waals surface area (Å²) in [5, 5.41) is 7.22. The highest BCUT2D eigenvalue weighted by atomic mass is 16.2. The Morgan fingerprint density at radius 1 is 1.43 bits per heavy atom. The minimum atomic E-state index is -0.180. The maximum atomic E-state index is 11.5. The number of nitrogens with one attached hydrogen (secondary N) is 2. The summed E-state index contributed by atoms with van der Waals surface area (Å²) in [5.41, 5.74) is 2.49. The van der Waals surface area contributed by atoms with Gasteiger partial charge in [-0.3, -0.25) is 10.1 Å². The van der Waals surface area contributed by atoms with Crippen molar-refractivity contribution in [2.75, 3.05) is 0 Å². The van der Waals surface area contributed by atoms with Crippen molar-refractivity contribution in [3.63, 3.8) is 0 Å². The maximum absolute atomic E-state index is 11.5. The van der Waals surface area contributed by atoms with Crippen LogP contribution in [-0.4, -0.2) is 35.4 Å². The Hall–Kier alpha value is -1.10. The molecule has 0 bridgehead atoms. The fourth-order valence-corrected chi connectivity index (χ4v) is 2.73. The summed E-state index contributed by atoms with van der Waals surface area (Å²) in [5.74, 6) is -0.0260. The number of carbonyl (C=O) groups excluding carboxylic acids is 1. The summed E-state index contributed by atoms with van der Waals surface area (Å²) in [6.45, 7) is 0. The topological polar surface area (TPSA) is 56.7 Å². The van der Waals surface area contributed by atoms with Crippen molar-refractivity contribution >= 4 is 12.2 Å². The van der Waals surface area contributed by atoms with Gasteiger partial charge in [-0.1, -0.05) is 12.8 Å². The second-order valence-corrected chi connectivity index (χ2v) is 4.20. The van der Waals surface area contributed by atoms with Gasteiger partial charge in [0, 0.05) is 12.1 Å². The molecular weight excluding hydrogens is 180 g/mol. The van der Waals surface area contributed by atoms with Gasteiger partial charge < -0.3 is 4.90 Å². The summed E-state index contributed by atoms with van der Waals surface area (Å²) in [4.78, 5) is 13.6. The van der Waals surface area contributed by atoms with Gasteiger partial charge in [0.25, 0.3) is 5.91 Å². The molecule has 2 heterocycles. The van der Waals surface area contributed by atoms with Crippen LogP contribution in [0.3, 0.4) is 0 Å². The summed E-state index contributed by atoms with van der Waals surface area (Å²) in [6, 6.07) is 0.951. The number of carbonyl (C=O) groups is 1. The van der Waals surface area contributed by atoms with Crippen LogP contribution < -0.4 is 10.7 Å². The van der Waals surface area contributed by atoms with Gasteiger partial charge in [-0.15, -0.1) is 0 Å². The minimum Gasteiger partial charge on any atom is -0.333 e. The van der Waals surface area contributed by atoms with Gasteiger partial charge in [0.05, 0.1) is 0 Å². The Morgan fingerprint density at radius 2 is 2.29 bits per heavy atom. The number of hydrogen-bond acceptors (Lipinski definition) is 4. The first-order valence-corrected chi connectivity index (χ1v) is 5.23. The second kappa shape index (κ2) is 2.95. The van der Waals surface area contributed by atoms with Gasteiger partial charge in [-0.25, -0.2) is 5.43 Å². The molecule has 5 nitrogen and oxygen atoms in total. The van der Waals surface area contributed by atoms with Crippen molar-refractivity contribution in [2.45, 2.75) is 43.9 Å². The van der Waals surface area contributed by atoms with E-state index in [0.29, 0.717) is 12.1 Å². The van der Waals surface area contributed by atoms with Gasteiger partial charge in [-0.2, -0.15) is 5.10 Å². The van der Waals surface area contributed by atoms with Crippen LogP contribution in [0.5, 0.6) is 0 Å². The van der Waals surface area contributed by atoms with Crippen molar-refractivity contribution < 1.29 is 4.79 Å². The molecule has 3 unspecified atom stereocenters. The quantitative estimate of drug-likeness (QED) is 0.552. The first-order chi connectivity index (χ1) is 6.86. The zero-order valence-electron chi connectivity index (χ0n) is 7.94. The molecular formula is C9H14N4O. The number of fused-ring (bicyclic) bond motifs is 3. The molecule has 1 amide bonds. The van der Waals surface area contributed by atoms with Crippen LogP contribution in [0, 0.1) is 0 Å². The molecule has 3 rings (SSSR count). The third kappa shape index (κ3) is 1.05. The molecule has 1 aliphatic carbocycles. The van der Waals surface area contributed by atoms with Crippen LogP contribution in [-0.2, 0) is 4.79 Å². The van der Waals surface area contributed by atoms with Crippen LogP contribution >= 0.6 is 0 Å². The van der Waals surface area contributed by atoms with Gasteiger partial charge in [0.2, 0.25) is 0 Å². The first-order valence-electron chi connectivity index (χ1n) is 5.23. The van der Waals surface area contributed by atoms with Crippen LogP contribution in [0.2, 0.25) is 0 Å². The number of nitrogens with zero attached hydrogens (tertiary/aromatic N) is 2. The molecule has 0 aromatic rings. The number of rotatable bonds is 0. The first kappa shape index (κ1) is 8.23. The molecule has 1 saturated heterocycles.